The van der Waals surface area contributed by atoms with Crippen LogP contribution in [0.5, 0.6) is 0 Å². The van der Waals surface area contributed by atoms with E-state index in [4.69, 9.17) is 0 Å². The van der Waals surface area contributed by atoms with E-state index in [1.165, 1.54) is 23.2 Å². The van der Waals surface area contributed by atoms with Crippen LogP contribution in [0.15, 0.2) is 64.9 Å². The van der Waals surface area contributed by atoms with E-state index in [0.717, 1.165) is 29.1 Å². The van der Waals surface area contributed by atoms with Gasteiger partial charge in [-0.05, 0) is 36.4 Å². The molecule has 0 bridgehead atoms. The molecule has 3 aromatic rings. The molecule has 0 aliphatic rings. The van der Waals surface area contributed by atoms with Crippen LogP contribution in [0.4, 0.5) is 10.8 Å². The first-order valence-electron chi connectivity index (χ1n) is 8.91. The fourth-order valence-corrected chi connectivity index (χ4v) is 4.12. The van der Waals surface area contributed by atoms with Crippen molar-refractivity contribution in [2.45, 2.75) is 24.7 Å². The molecular weight excluding hydrogens is 390 g/mol. The summed E-state index contributed by atoms with van der Waals surface area (Å²) in [6, 6.07) is 17.6. The van der Waals surface area contributed by atoms with E-state index in [9.17, 15) is 9.59 Å². The zero-order valence-electron chi connectivity index (χ0n) is 15.5. The minimum Gasteiger partial charge on any atom is -0.326 e. The van der Waals surface area contributed by atoms with Crippen molar-refractivity contribution in [2.75, 3.05) is 16.4 Å². The number of thioether (sulfide) groups is 1. The molecule has 0 unspecified atom stereocenters. The van der Waals surface area contributed by atoms with Crippen molar-refractivity contribution in [3.05, 3.63) is 60.0 Å². The Morgan fingerprint density at radius 2 is 1.79 bits per heavy atom. The number of nitrogens with zero attached hydrogens (tertiary/aromatic N) is 1. The second-order valence-electron chi connectivity index (χ2n) is 6.11. The van der Waals surface area contributed by atoms with Gasteiger partial charge in [0, 0.05) is 34.9 Å². The van der Waals surface area contributed by atoms with Gasteiger partial charge in [0.15, 0.2) is 5.13 Å². The summed E-state index contributed by atoms with van der Waals surface area (Å²) in [5, 5.41) is 8.11. The number of hydrogen-bond donors (Lipinski definition) is 2. The number of aromatic nitrogens is 1. The highest BCUT2D eigenvalue weighted by atomic mass is 32.2. The first-order valence-corrected chi connectivity index (χ1v) is 10.8. The smallest absolute Gasteiger partial charge is 0.226 e. The van der Waals surface area contributed by atoms with Crippen LogP contribution < -0.4 is 10.6 Å². The van der Waals surface area contributed by atoms with Crippen LogP contribution in [-0.4, -0.2) is 22.6 Å². The molecule has 2 amide bonds. The number of rotatable bonds is 8. The molecule has 1 heterocycles. The Kier molecular flexibility index (Phi) is 7.22. The third-order valence-corrected chi connectivity index (χ3v) is 5.67. The van der Waals surface area contributed by atoms with Crippen molar-refractivity contribution in [1.82, 2.24) is 4.98 Å². The molecule has 2 N–H and O–H groups in total. The number of benzene rings is 2. The lowest BCUT2D eigenvalue weighted by atomic mass is 10.1. The second kappa shape index (κ2) is 10.1. The Morgan fingerprint density at radius 1 is 1.04 bits per heavy atom. The molecule has 0 saturated carbocycles. The topological polar surface area (TPSA) is 71.1 Å². The van der Waals surface area contributed by atoms with Gasteiger partial charge in [-0.2, -0.15) is 0 Å². The lowest BCUT2D eigenvalue weighted by Gasteiger charge is -2.03. The van der Waals surface area contributed by atoms with Crippen LogP contribution in [-0.2, 0) is 9.59 Å². The summed E-state index contributed by atoms with van der Waals surface area (Å²) >= 11 is 3.16. The van der Waals surface area contributed by atoms with E-state index in [-0.39, 0.29) is 11.8 Å². The summed E-state index contributed by atoms with van der Waals surface area (Å²) < 4.78 is 0. The minimum atomic E-state index is -0.103. The number of anilines is 2. The van der Waals surface area contributed by atoms with Crippen molar-refractivity contribution in [3.8, 4) is 11.3 Å². The molecule has 0 fully saturated rings. The molecule has 0 saturated heterocycles. The van der Waals surface area contributed by atoms with Crippen molar-refractivity contribution in [3.63, 3.8) is 0 Å². The van der Waals surface area contributed by atoms with Crippen LogP contribution in [0.3, 0.4) is 0 Å². The summed E-state index contributed by atoms with van der Waals surface area (Å²) in [6.45, 7) is 1.48. The molecule has 28 heavy (non-hydrogen) atoms. The predicted molar refractivity (Wildman–Crippen MR) is 117 cm³/mol. The zero-order valence-corrected chi connectivity index (χ0v) is 17.1. The third kappa shape index (κ3) is 6.21. The molecule has 5 nitrogen and oxygen atoms in total. The number of thiazole rings is 1. The summed E-state index contributed by atoms with van der Waals surface area (Å²) in [5.41, 5.74) is 2.48. The molecule has 2 aromatic carbocycles. The van der Waals surface area contributed by atoms with E-state index in [1.807, 2.05) is 47.8 Å². The maximum Gasteiger partial charge on any atom is 0.226 e. The third-order valence-electron chi connectivity index (χ3n) is 3.81. The van der Waals surface area contributed by atoms with Crippen LogP contribution in [0.25, 0.3) is 11.3 Å². The molecule has 3 rings (SSSR count). The quantitative estimate of drug-likeness (QED) is 0.391. The molecular formula is C21H21N3O2S2. The molecule has 7 heteroatoms. The van der Waals surface area contributed by atoms with Gasteiger partial charge in [-0.25, -0.2) is 4.98 Å². The Hall–Kier alpha value is -2.64. The fourth-order valence-electron chi connectivity index (χ4n) is 2.51. The highest BCUT2D eigenvalue weighted by molar-refractivity contribution is 7.99. The van der Waals surface area contributed by atoms with Crippen LogP contribution in [0, 0.1) is 0 Å². The van der Waals surface area contributed by atoms with E-state index in [2.05, 4.69) is 27.8 Å². The van der Waals surface area contributed by atoms with Gasteiger partial charge in [-0.3, -0.25) is 9.59 Å². The summed E-state index contributed by atoms with van der Waals surface area (Å²) in [7, 11) is 0. The van der Waals surface area contributed by atoms with Gasteiger partial charge >= 0.3 is 0 Å². The minimum absolute atomic E-state index is 0.0180. The normalized spacial score (nSPS) is 10.5. The number of carbonyl (C=O) groups is 2. The largest absolute Gasteiger partial charge is 0.326 e. The molecule has 0 spiro atoms. The van der Waals surface area contributed by atoms with Gasteiger partial charge in [0.1, 0.15) is 0 Å². The van der Waals surface area contributed by atoms with Crippen LogP contribution in [0.1, 0.15) is 19.8 Å². The van der Waals surface area contributed by atoms with Gasteiger partial charge in [0.2, 0.25) is 11.8 Å². The standard InChI is InChI=1S/C21H21N3O2S2/c1-15(25)22-17-11-9-16(10-12-17)19-14-28-21(23-19)24-20(26)8-5-13-27-18-6-3-2-4-7-18/h2-4,6-7,9-12,14H,5,8,13H2,1H3,(H,22,25)(H,23,24,26). The Labute approximate surface area is 172 Å². The van der Waals surface area contributed by atoms with Crippen molar-refractivity contribution < 1.29 is 9.59 Å². The van der Waals surface area contributed by atoms with Gasteiger partial charge in [-0.1, -0.05) is 30.3 Å². The molecule has 0 aliphatic carbocycles. The first-order chi connectivity index (χ1) is 13.6. The maximum atomic E-state index is 12.1. The van der Waals surface area contributed by atoms with Crippen molar-refractivity contribution in [2.24, 2.45) is 0 Å². The first kappa shape index (κ1) is 20.1. The zero-order chi connectivity index (χ0) is 19.8. The fraction of sp³-hybridized carbons (Fsp3) is 0.190. The van der Waals surface area contributed by atoms with Crippen molar-refractivity contribution in [1.29, 1.82) is 0 Å². The molecule has 0 radical (unpaired) electrons. The highest BCUT2D eigenvalue weighted by Crippen LogP contribution is 2.26. The van der Waals surface area contributed by atoms with Gasteiger partial charge in [-0.15, -0.1) is 23.1 Å². The van der Waals surface area contributed by atoms with Gasteiger partial charge in [0.05, 0.1) is 5.69 Å². The molecule has 0 atom stereocenters. The van der Waals surface area contributed by atoms with E-state index in [0.29, 0.717) is 11.6 Å². The second-order valence-corrected chi connectivity index (χ2v) is 8.14. The number of nitrogens with one attached hydrogen (secondary N) is 2. The van der Waals surface area contributed by atoms with Gasteiger partial charge < -0.3 is 10.6 Å². The molecule has 0 aliphatic heterocycles. The molecule has 144 valence electrons. The van der Waals surface area contributed by atoms with Gasteiger partial charge in [0.25, 0.3) is 0 Å². The number of carbonyl (C=O) groups excluding carboxylic acids is 2. The maximum absolute atomic E-state index is 12.1. The Bertz CT molecular complexity index is 924. The van der Waals surface area contributed by atoms with E-state index < -0.39 is 0 Å². The number of amides is 2. The SMILES string of the molecule is CC(=O)Nc1ccc(-c2csc(NC(=O)CCCSc3ccccc3)n2)cc1. The average Bonchev–Trinajstić information content (AvgIpc) is 3.14. The molecule has 1 aromatic heterocycles. The lowest BCUT2D eigenvalue weighted by molar-refractivity contribution is -0.116. The van der Waals surface area contributed by atoms with E-state index in [1.54, 1.807) is 11.8 Å². The van der Waals surface area contributed by atoms with Crippen LogP contribution >= 0.6 is 23.1 Å². The monoisotopic (exact) mass is 411 g/mol. The average molecular weight is 412 g/mol. The highest BCUT2D eigenvalue weighted by Gasteiger charge is 2.08. The Balaban J connectivity index is 1.46. The number of hydrogen-bond acceptors (Lipinski definition) is 5. The summed E-state index contributed by atoms with van der Waals surface area (Å²) in [5.74, 6) is 0.783. The van der Waals surface area contributed by atoms with E-state index >= 15 is 0 Å². The van der Waals surface area contributed by atoms with Crippen molar-refractivity contribution >= 4 is 45.7 Å². The lowest BCUT2D eigenvalue weighted by Crippen LogP contribution is -2.11. The van der Waals surface area contributed by atoms with Crippen LogP contribution in [0.2, 0.25) is 0 Å². The summed E-state index contributed by atoms with van der Waals surface area (Å²) in [6.07, 6.45) is 1.29. The Morgan fingerprint density at radius 3 is 2.50 bits per heavy atom. The summed E-state index contributed by atoms with van der Waals surface area (Å²) in [4.78, 5) is 28.9. The predicted octanol–water partition coefficient (Wildman–Crippen LogP) is 5.28.